The fourth-order valence-corrected chi connectivity index (χ4v) is 4.92. The van der Waals surface area contributed by atoms with Crippen LogP contribution >= 0.6 is 0 Å². The number of ketones is 1. The fraction of sp³-hybridized carbons (Fsp3) is 0.258. The number of nitrogens with one attached hydrogen (secondary N) is 3. The van der Waals surface area contributed by atoms with Gasteiger partial charge in [-0.3, -0.25) is 14.4 Å². The zero-order valence-electron chi connectivity index (χ0n) is 24.3. The molecule has 5 rings (SSSR count). The number of fused-ring (bicyclic) bond motifs is 1. The van der Waals surface area contributed by atoms with Gasteiger partial charge in [0.2, 0.25) is 5.91 Å². The minimum Gasteiger partial charge on any atom is -0.324 e. The summed E-state index contributed by atoms with van der Waals surface area (Å²) in [6.45, 7) is 6.80. The summed E-state index contributed by atoms with van der Waals surface area (Å²) in [7, 11) is 0. The van der Waals surface area contributed by atoms with Crippen LogP contribution in [0.1, 0.15) is 36.7 Å². The number of Topliss-reactive ketones (excluding diaryl/α,β-unsaturated/α-hetero) is 1. The molecule has 3 N–H and O–H groups in total. The molecule has 43 heavy (non-hydrogen) atoms. The lowest BCUT2D eigenvalue weighted by Gasteiger charge is -2.30. The number of H-pyrrole nitrogens is 1. The summed E-state index contributed by atoms with van der Waals surface area (Å²) < 4.78 is 0. The zero-order chi connectivity index (χ0) is 30.7. The number of nitrogens with zero attached hydrogens (tertiary/aromatic N) is 5. The second-order valence-corrected chi connectivity index (χ2v) is 11.3. The second-order valence-electron chi connectivity index (χ2n) is 11.3. The maximum absolute atomic E-state index is 14.1. The molecule has 1 aromatic heterocycles. The molecule has 2 heterocycles. The van der Waals surface area contributed by atoms with Gasteiger partial charge in [-0.05, 0) is 47.2 Å². The highest BCUT2D eigenvalue weighted by molar-refractivity contribution is 6.13. The van der Waals surface area contributed by atoms with Crippen molar-refractivity contribution in [1.82, 2.24) is 25.9 Å². The molecule has 1 aliphatic rings. The lowest BCUT2D eigenvalue weighted by molar-refractivity contribution is -0.126. The molecular formula is C31H32N8O4. The van der Waals surface area contributed by atoms with Crippen molar-refractivity contribution >= 4 is 40.7 Å². The Balaban J connectivity index is 1.47. The molecule has 0 spiro atoms. The molecule has 0 bridgehead atoms. The summed E-state index contributed by atoms with van der Waals surface area (Å²) in [5.74, 6) is -0.597. The number of carbonyl (C=O) groups is 4. The molecule has 4 aromatic rings. The van der Waals surface area contributed by atoms with E-state index in [0.29, 0.717) is 34.0 Å². The monoisotopic (exact) mass is 580 g/mol. The first-order valence-corrected chi connectivity index (χ1v) is 13.8. The van der Waals surface area contributed by atoms with E-state index in [2.05, 4.69) is 31.3 Å². The number of aryl methyl sites for hydroxylation is 1. The van der Waals surface area contributed by atoms with E-state index in [4.69, 9.17) is 0 Å². The van der Waals surface area contributed by atoms with Gasteiger partial charge in [0, 0.05) is 22.2 Å². The first-order valence-electron chi connectivity index (χ1n) is 13.8. The quantitative estimate of drug-likeness (QED) is 0.292. The number of amides is 4. The van der Waals surface area contributed by atoms with Crippen molar-refractivity contribution in [3.63, 3.8) is 0 Å². The van der Waals surface area contributed by atoms with E-state index in [1.54, 1.807) is 81.4 Å². The molecular weight excluding hydrogens is 548 g/mol. The number of para-hydroxylation sites is 2. The van der Waals surface area contributed by atoms with Crippen molar-refractivity contribution < 1.29 is 19.2 Å². The van der Waals surface area contributed by atoms with Crippen LogP contribution in [0.5, 0.6) is 0 Å². The third-order valence-electron chi connectivity index (χ3n) is 7.07. The summed E-state index contributed by atoms with van der Waals surface area (Å²) >= 11 is 0. The average molecular weight is 581 g/mol. The Morgan fingerprint density at radius 2 is 1.70 bits per heavy atom. The maximum Gasteiger partial charge on any atom is 0.319 e. The maximum atomic E-state index is 14.1. The van der Waals surface area contributed by atoms with E-state index in [1.165, 1.54) is 9.80 Å². The molecule has 12 nitrogen and oxygen atoms in total. The number of carbonyl (C=O) groups excluding carboxylic acids is 4. The summed E-state index contributed by atoms with van der Waals surface area (Å²) in [5.41, 5.74) is 2.45. The molecule has 0 fully saturated rings. The Labute approximate surface area is 248 Å². The van der Waals surface area contributed by atoms with Crippen LogP contribution in [0.2, 0.25) is 0 Å². The molecule has 3 aromatic carbocycles. The number of anilines is 3. The van der Waals surface area contributed by atoms with E-state index in [-0.39, 0.29) is 24.8 Å². The molecule has 4 amide bonds. The highest BCUT2D eigenvalue weighted by Crippen LogP contribution is 2.35. The molecule has 1 atom stereocenters. The van der Waals surface area contributed by atoms with E-state index < -0.39 is 23.4 Å². The normalized spacial score (nSPS) is 15.0. The standard InChI is InChI=1S/C31H32N8O4/c1-19-10-5-6-13-22(19)26(40)18-38-24-14-7-8-15-25(24)39(29(42)31(2,3)4)17-23(28(38)41)33-30(43)32-21-12-9-11-20(16-21)27-34-36-37-35-27/h5-16,23H,17-18H2,1-4H3,(H2,32,33,43)(H,34,35,36,37). The molecule has 1 aliphatic heterocycles. The number of hydrogen-bond donors (Lipinski definition) is 3. The predicted octanol–water partition coefficient (Wildman–Crippen LogP) is 3.97. The molecule has 12 heteroatoms. The number of aromatic amines is 1. The van der Waals surface area contributed by atoms with Gasteiger partial charge in [0.15, 0.2) is 11.6 Å². The molecule has 0 saturated heterocycles. The molecule has 220 valence electrons. The summed E-state index contributed by atoms with van der Waals surface area (Å²) in [6.07, 6.45) is 0. The largest absolute Gasteiger partial charge is 0.324 e. The predicted molar refractivity (Wildman–Crippen MR) is 162 cm³/mol. The van der Waals surface area contributed by atoms with Gasteiger partial charge in [-0.15, -0.1) is 5.10 Å². The third kappa shape index (κ3) is 6.27. The lowest BCUT2D eigenvalue weighted by atomic mass is 9.94. The van der Waals surface area contributed by atoms with Gasteiger partial charge in [0.1, 0.15) is 6.04 Å². The van der Waals surface area contributed by atoms with Crippen molar-refractivity contribution in [2.45, 2.75) is 33.7 Å². The smallest absolute Gasteiger partial charge is 0.319 e. The molecule has 0 saturated carbocycles. The highest BCUT2D eigenvalue weighted by Gasteiger charge is 2.40. The number of tetrazole rings is 1. The number of aromatic nitrogens is 4. The third-order valence-corrected chi connectivity index (χ3v) is 7.07. The number of urea groups is 1. The van der Waals surface area contributed by atoms with Crippen LogP contribution in [-0.2, 0) is 9.59 Å². The van der Waals surface area contributed by atoms with Gasteiger partial charge < -0.3 is 20.4 Å². The van der Waals surface area contributed by atoms with Crippen LogP contribution in [0.4, 0.5) is 21.9 Å². The van der Waals surface area contributed by atoms with E-state index in [9.17, 15) is 19.2 Å². The summed E-state index contributed by atoms with van der Waals surface area (Å²) in [6, 6.07) is 19.1. The van der Waals surface area contributed by atoms with Crippen molar-refractivity contribution in [2.75, 3.05) is 28.2 Å². The molecule has 0 radical (unpaired) electrons. The highest BCUT2D eigenvalue weighted by atomic mass is 16.2. The Bertz CT molecular complexity index is 1680. The Morgan fingerprint density at radius 3 is 2.40 bits per heavy atom. The van der Waals surface area contributed by atoms with Gasteiger partial charge in [-0.1, -0.05) is 69.3 Å². The SMILES string of the molecule is Cc1ccccc1C(=O)CN1C(=O)C(NC(=O)Nc2cccc(-c3nnn[nH]3)c2)CN(C(=O)C(C)(C)C)c2ccccc21. The van der Waals surface area contributed by atoms with Gasteiger partial charge in [-0.25, -0.2) is 9.89 Å². The number of benzene rings is 3. The van der Waals surface area contributed by atoms with Crippen LogP contribution in [0.3, 0.4) is 0 Å². The first kappa shape index (κ1) is 29.1. The van der Waals surface area contributed by atoms with Gasteiger partial charge in [0.25, 0.3) is 5.91 Å². The minimum atomic E-state index is -1.16. The van der Waals surface area contributed by atoms with Gasteiger partial charge in [0.05, 0.1) is 24.5 Å². The summed E-state index contributed by atoms with van der Waals surface area (Å²) in [5, 5.41) is 19.2. The van der Waals surface area contributed by atoms with E-state index in [0.717, 1.165) is 5.56 Å². The van der Waals surface area contributed by atoms with Gasteiger partial charge >= 0.3 is 6.03 Å². The second kappa shape index (κ2) is 11.8. The van der Waals surface area contributed by atoms with E-state index >= 15 is 0 Å². The molecule has 0 aliphatic carbocycles. The minimum absolute atomic E-state index is 0.127. The van der Waals surface area contributed by atoms with Crippen LogP contribution in [0.15, 0.2) is 72.8 Å². The van der Waals surface area contributed by atoms with Crippen LogP contribution < -0.4 is 20.4 Å². The first-order chi connectivity index (χ1) is 20.5. The number of hydrogen-bond acceptors (Lipinski definition) is 7. The fourth-order valence-electron chi connectivity index (χ4n) is 4.92. The Kier molecular flexibility index (Phi) is 8.02. The Hall–Kier alpha value is -5.39. The zero-order valence-corrected chi connectivity index (χ0v) is 24.3. The van der Waals surface area contributed by atoms with Crippen LogP contribution in [0, 0.1) is 12.3 Å². The van der Waals surface area contributed by atoms with Crippen LogP contribution in [-0.4, -0.2) is 63.4 Å². The van der Waals surface area contributed by atoms with E-state index in [1.807, 2.05) is 19.1 Å². The topological polar surface area (TPSA) is 153 Å². The Morgan fingerprint density at radius 1 is 0.977 bits per heavy atom. The van der Waals surface area contributed by atoms with Crippen molar-refractivity contribution in [2.24, 2.45) is 5.41 Å². The van der Waals surface area contributed by atoms with Gasteiger partial charge in [-0.2, -0.15) is 0 Å². The van der Waals surface area contributed by atoms with Crippen molar-refractivity contribution in [3.8, 4) is 11.4 Å². The molecule has 1 unspecified atom stereocenters. The number of rotatable bonds is 6. The summed E-state index contributed by atoms with van der Waals surface area (Å²) in [4.78, 5) is 57.4. The van der Waals surface area contributed by atoms with Crippen molar-refractivity contribution in [3.05, 3.63) is 83.9 Å². The van der Waals surface area contributed by atoms with Crippen molar-refractivity contribution in [1.29, 1.82) is 0 Å². The van der Waals surface area contributed by atoms with Crippen LogP contribution in [0.25, 0.3) is 11.4 Å². The average Bonchev–Trinajstić information content (AvgIpc) is 3.49. The lowest BCUT2D eigenvalue weighted by Crippen LogP contribution is -2.55.